The van der Waals surface area contributed by atoms with E-state index >= 15 is 0 Å². The van der Waals surface area contributed by atoms with Gasteiger partial charge in [0, 0.05) is 42.2 Å². The third-order valence-corrected chi connectivity index (χ3v) is 8.63. The Balaban J connectivity index is 1.20. The van der Waals surface area contributed by atoms with Gasteiger partial charge in [-0.25, -0.2) is 4.98 Å². The third kappa shape index (κ3) is 5.18. The molecule has 2 aliphatic heterocycles. The first-order valence-electron chi connectivity index (χ1n) is 13.6. The van der Waals surface area contributed by atoms with Crippen molar-refractivity contribution in [3.8, 4) is 17.1 Å². The van der Waals surface area contributed by atoms with Gasteiger partial charge in [-0.3, -0.25) is 9.59 Å². The number of carbonyl (C=O) groups excluding carboxylic acids is 1. The number of rotatable bonds is 10. The van der Waals surface area contributed by atoms with Gasteiger partial charge in [-0.2, -0.15) is 0 Å². The Kier molecular flexibility index (Phi) is 7.14. The normalized spacial score (nSPS) is 16.3. The second kappa shape index (κ2) is 10.9. The third-order valence-electron chi connectivity index (χ3n) is 7.70. The molecular weight excluding hydrogens is 512 g/mol. The summed E-state index contributed by atoms with van der Waals surface area (Å²) in [6, 6.07) is 7.75. The van der Waals surface area contributed by atoms with Crippen molar-refractivity contribution in [1.29, 1.82) is 0 Å². The zero-order chi connectivity index (χ0) is 26.9. The van der Waals surface area contributed by atoms with Crippen molar-refractivity contribution in [2.75, 3.05) is 38.6 Å². The van der Waals surface area contributed by atoms with Crippen molar-refractivity contribution in [3.05, 3.63) is 62.2 Å². The minimum atomic E-state index is -0.229. The highest BCUT2D eigenvalue weighted by Crippen LogP contribution is 2.31. The summed E-state index contributed by atoms with van der Waals surface area (Å²) in [5, 5.41) is 5.51. The Bertz CT molecular complexity index is 1550. The van der Waals surface area contributed by atoms with Gasteiger partial charge in [0.15, 0.2) is 0 Å². The molecule has 0 saturated carbocycles. The number of aromatic nitrogens is 3. The Morgan fingerprint density at radius 2 is 2.03 bits per heavy atom. The molecule has 2 aliphatic rings. The zero-order valence-corrected chi connectivity index (χ0v) is 23.2. The molecular formula is C29H34N6O3S. The summed E-state index contributed by atoms with van der Waals surface area (Å²) in [5.41, 5.74) is 4.14. The van der Waals surface area contributed by atoms with E-state index in [0.717, 1.165) is 47.6 Å². The van der Waals surface area contributed by atoms with E-state index < -0.39 is 0 Å². The van der Waals surface area contributed by atoms with Crippen molar-refractivity contribution < 1.29 is 9.53 Å². The molecule has 1 amide bonds. The van der Waals surface area contributed by atoms with Gasteiger partial charge in [0.25, 0.3) is 11.5 Å². The lowest BCUT2D eigenvalue weighted by molar-refractivity contribution is 0.0772. The Labute approximate surface area is 231 Å². The lowest BCUT2D eigenvalue weighted by Crippen LogP contribution is -2.29. The maximum Gasteiger partial charge on any atom is 0.261 e. The van der Waals surface area contributed by atoms with Gasteiger partial charge in [-0.05, 0) is 81.0 Å². The number of hydrogen-bond acceptors (Lipinski definition) is 7. The molecule has 0 bridgehead atoms. The van der Waals surface area contributed by atoms with E-state index in [1.807, 2.05) is 34.5 Å². The summed E-state index contributed by atoms with van der Waals surface area (Å²) < 4.78 is 5.45. The molecule has 0 spiro atoms. The minimum Gasteiger partial charge on any atom is -0.496 e. The number of anilines is 1. The number of hydrogen-bond donors (Lipinski definition) is 3. The fourth-order valence-corrected chi connectivity index (χ4v) is 6.73. The predicted octanol–water partition coefficient (Wildman–Crippen LogP) is 4.47. The molecule has 3 N–H and O–H groups in total. The van der Waals surface area contributed by atoms with Crippen LogP contribution in [-0.4, -0.2) is 70.0 Å². The maximum atomic E-state index is 13.2. The standard InChI is InChI=1S/C29H34N6O3S/c1-18(14-25-24(38-2)7-13-39-25)31-21-6-8-30-28(36)26(21)27-32-22-15-19-17-35(12-5-11-34-9-3-4-10-34)29(37)20(19)16-23(22)33-27/h6-8,13,15-16,18H,3-5,9-12,14,17H2,1-2H3,(H,32,33)(H2,30,31,36)/t18-/m0/s1. The molecule has 6 rings (SSSR count). The number of H-pyrrole nitrogens is 2. The average Bonchev–Trinajstić information content (AvgIpc) is 3.71. The number of methoxy groups -OCH3 is 1. The van der Waals surface area contributed by atoms with Gasteiger partial charge in [-0.15, -0.1) is 11.3 Å². The zero-order valence-electron chi connectivity index (χ0n) is 22.4. The SMILES string of the molecule is COc1ccsc1C[C@H](C)Nc1cc[nH]c(=O)c1-c1nc2cc3c(cc2[nH]1)CN(CCCN1CCCC1)C3=O. The Morgan fingerprint density at radius 3 is 2.85 bits per heavy atom. The van der Waals surface area contributed by atoms with Crippen LogP contribution in [0.1, 0.15) is 47.0 Å². The molecule has 1 fully saturated rings. The Hall–Kier alpha value is -3.63. The van der Waals surface area contributed by atoms with Crippen molar-refractivity contribution in [3.63, 3.8) is 0 Å². The summed E-state index contributed by atoms with van der Waals surface area (Å²) in [7, 11) is 1.68. The molecule has 9 nitrogen and oxygen atoms in total. The smallest absolute Gasteiger partial charge is 0.261 e. The van der Waals surface area contributed by atoms with Crippen LogP contribution in [0.4, 0.5) is 5.69 Å². The Morgan fingerprint density at radius 1 is 1.18 bits per heavy atom. The van der Waals surface area contributed by atoms with Gasteiger partial charge in [0.2, 0.25) is 0 Å². The molecule has 39 heavy (non-hydrogen) atoms. The molecule has 4 aromatic rings. The van der Waals surface area contributed by atoms with E-state index in [9.17, 15) is 9.59 Å². The fraction of sp³-hybridized carbons (Fsp3) is 0.414. The van der Waals surface area contributed by atoms with E-state index in [4.69, 9.17) is 9.72 Å². The second-order valence-electron chi connectivity index (χ2n) is 10.5. The molecule has 5 heterocycles. The number of benzene rings is 1. The van der Waals surface area contributed by atoms with Gasteiger partial charge >= 0.3 is 0 Å². The van der Waals surface area contributed by atoms with Gasteiger partial charge in [0.1, 0.15) is 17.1 Å². The van der Waals surface area contributed by atoms with Crippen LogP contribution in [0.2, 0.25) is 0 Å². The number of imidazole rings is 1. The monoisotopic (exact) mass is 546 g/mol. The molecule has 1 saturated heterocycles. The molecule has 1 aromatic carbocycles. The number of pyridine rings is 1. The first kappa shape index (κ1) is 25.6. The summed E-state index contributed by atoms with van der Waals surface area (Å²) in [6.45, 7) is 6.86. The van der Waals surface area contributed by atoms with Crippen LogP contribution in [0.5, 0.6) is 5.75 Å². The van der Waals surface area contributed by atoms with E-state index in [1.165, 1.54) is 25.9 Å². The van der Waals surface area contributed by atoms with E-state index in [2.05, 4.69) is 27.1 Å². The first-order chi connectivity index (χ1) is 19.0. The molecule has 0 radical (unpaired) electrons. The second-order valence-corrected chi connectivity index (χ2v) is 11.5. The van der Waals surface area contributed by atoms with Crippen LogP contribution in [0.3, 0.4) is 0 Å². The van der Waals surface area contributed by atoms with Crippen LogP contribution >= 0.6 is 11.3 Å². The number of thiophene rings is 1. The van der Waals surface area contributed by atoms with Crippen molar-refractivity contribution >= 4 is 34.0 Å². The van der Waals surface area contributed by atoms with Gasteiger partial charge in [-0.1, -0.05) is 0 Å². The number of likely N-dealkylation sites (tertiary alicyclic amines) is 1. The number of ether oxygens (including phenoxy) is 1. The lowest BCUT2D eigenvalue weighted by Gasteiger charge is -2.19. The maximum absolute atomic E-state index is 13.2. The number of aromatic amines is 2. The van der Waals surface area contributed by atoms with E-state index in [0.29, 0.717) is 34.7 Å². The van der Waals surface area contributed by atoms with Crippen molar-refractivity contribution in [2.45, 2.75) is 45.2 Å². The molecule has 3 aromatic heterocycles. The highest BCUT2D eigenvalue weighted by Gasteiger charge is 2.29. The number of fused-ring (bicyclic) bond motifs is 2. The predicted molar refractivity (Wildman–Crippen MR) is 155 cm³/mol. The van der Waals surface area contributed by atoms with E-state index in [-0.39, 0.29) is 17.5 Å². The molecule has 0 unspecified atom stereocenters. The first-order valence-corrected chi connectivity index (χ1v) is 14.5. The van der Waals surface area contributed by atoms with Crippen LogP contribution in [0, 0.1) is 0 Å². The largest absolute Gasteiger partial charge is 0.496 e. The molecule has 10 heteroatoms. The van der Waals surface area contributed by atoms with Crippen LogP contribution in [-0.2, 0) is 13.0 Å². The number of nitrogens with zero attached hydrogens (tertiary/aromatic N) is 3. The lowest BCUT2D eigenvalue weighted by atomic mass is 10.1. The quantitative estimate of drug-likeness (QED) is 0.271. The summed E-state index contributed by atoms with van der Waals surface area (Å²) in [4.78, 5) is 42.6. The summed E-state index contributed by atoms with van der Waals surface area (Å²) in [6.07, 6.45) is 5.96. The molecule has 1 atom stereocenters. The highest BCUT2D eigenvalue weighted by atomic mass is 32.1. The van der Waals surface area contributed by atoms with Gasteiger partial charge in [0.05, 0.1) is 23.8 Å². The number of amides is 1. The van der Waals surface area contributed by atoms with Crippen LogP contribution in [0.25, 0.3) is 22.4 Å². The van der Waals surface area contributed by atoms with Gasteiger partial charge < -0.3 is 29.8 Å². The minimum absolute atomic E-state index is 0.0559. The van der Waals surface area contributed by atoms with Crippen LogP contribution < -0.4 is 15.6 Å². The highest BCUT2D eigenvalue weighted by molar-refractivity contribution is 7.10. The fourth-order valence-electron chi connectivity index (χ4n) is 5.76. The average molecular weight is 547 g/mol. The molecule has 204 valence electrons. The summed E-state index contributed by atoms with van der Waals surface area (Å²) in [5.74, 6) is 1.43. The van der Waals surface area contributed by atoms with Crippen molar-refractivity contribution in [1.82, 2.24) is 24.8 Å². The topological polar surface area (TPSA) is 106 Å². The molecule has 0 aliphatic carbocycles. The summed E-state index contributed by atoms with van der Waals surface area (Å²) >= 11 is 1.66. The number of nitrogens with one attached hydrogen (secondary N) is 3. The van der Waals surface area contributed by atoms with Crippen molar-refractivity contribution in [2.24, 2.45) is 0 Å². The van der Waals surface area contributed by atoms with Crippen LogP contribution in [0.15, 0.2) is 40.6 Å². The number of carbonyl (C=O) groups is 1. The van der Waals surface area contributed by atoms with E-state index in [1.54, 1.807) is 24.6 Å².